The van der Waals surface area contributed by atoms with E-state index < -0.39 is 0 Å². The normalized spacial score (nSPS) is 11.0. The summed E-state index contributed by atoms with van der Waals surface area (Å²) in [7, 11) is 0. The predicted molar refractivity (Wildman–Crippen MR) is 68.9 cm³/mol. The highest BCUT2D eigenvalue weighted by molar-refractivity contribution is 7.20. The number of aromatic nitrogens is 2. The molecule has 0 amide bonds. The molecule has 0 saturated heterocycles. The number of hydrogen-bond donors (Lipinski definition) is 0. The Hall–Kier alpha value is -1.72. The first kappa shape index (κ1) is 11.4. The third-order valence-electron chi connectivity index (χ3n) is 2.56. The van der Waals surface area contributed by atoms with Gasteiger partial charge in [0.2, 0.25) is 0 Å². The Balaban J connectivity index is 2.25. The summed E-state index contributed by atoms with van der Waals surface area (Å²) in [5, 5.41) is 0. The number of rotatable bonds is 2. The van der Waals surface area contributed by atoms with Crippen LogP contribution in [0.25, 0.3) is 16.2 Å². The molecule has 0 aliphatic carbocycles. The molecule has 0 fully saturated rings. The van der Waals surface area contributed by atoms with Crippen molar-refractivity contribution in [3.63, 3.8) is 0 Å². The highest BCUT2D eigenvalue weighted by Gasteiger charge is 2.15. The molecule has 6 heteroatoms. The molecule has 1 aromatic carbocycles. The van der Waals surface area contributed by atoms with Crippen molar-refractivity contribution in [2.45, 2.75) is 0 Å². The molecule has 0 aliphatic heterocycles. The minimum atomic E-state index is -0.324. The van der Waals surface area contributed by atoms with Gasteiger partial charge in [0.15, 0.2) is 11.2 Å². The lowest BCUT2D eigenvalue weighted by molar-refractivity contribution is 0.111. The van der Waals surface area contributed by atoms with Gasteiger partial charge in [-0.25, -0.2) is 9.37 Å². The van der Waals surface area contributed by atoms with E-state index in [4.69, 9.17) is 11.6 Å². The second-order valence-electron chi connectivity index (χ2n) is 3.66. The minimum absolute atomic E-state index is 0.324. The first-order valence-electron chi connectivity index (χ1n) is 5.07. The Bertz CT molecular complexity index is 732. The van der Waals surface area contributed by atoms with E-state index in [-0.39, 0.29) is 5.82 Å². The van der Waals surface area contributed by atoms with Crippen molar-refractivity contribution < 1.29 is 9.18 Å². The summed E-state index contributed by atoms with van der Waals surface area (Å²) in [6.45, 7) is 0. The van der Waals surface area contributed by atoms with Crippen LogP contribution in [0.15, 0.2) is 30.5 Å². The van der Waals surface area contributed by atoms with Crippen molar-refractivity contribution in [2.75, 3.05) is 0 Å². The van der Waals surface area contributed by atoms with Crippen LogP contribution in [-0.2, 0) is 0 Å². The number of benzene rings is 1. The van der Waals surface area contributed by atoms with Crippen molar-refractivity contribution in [3.8, 4) is 11.3 Å². The second-order valence-corrected chi connectivity index (χ2v) is 5.30. The first-order valence-corrected chi connectivity index (χ1v) is 6.27. The number of hydrogen-bond acceptors (Lipinski definition) is 3. The SMILES string of the molecule is O=Cc1c(-c2ccc(F)cc2)nc2sc(Cl)cn12. The summed E-state index contributed by atoms with van der Waals surface area (Å²) in [5.74, 6) is -0.324. The topological polar surface area (TPSA) is 34.4 Å². The quantitative estimate of drug-likeness (QED) is 0.671. The molecular formula is C12H6ClFN2OS. The van der Waals surface area contributed by atoms with Crippen LogP contribution in [0.3, 0.4) is 0 Å². The lowest BCUT2D eigenvalue weighted by Crippen LogP contribution is -1.90. The van der Waals surface area contributed by atoms with Gasteiger partial charge in [0.25, 0.3) is 0 Å². The number of nitrogens with zero attached hydrogens (tertiary/aromatic N) is 2. The van der Waals surface area contributed by atoms with Crippen LogP contribution in [0, 0.1) is 5.82 Å². The zero-order chi connectivity index (χ0) is 12.7. The Kier molecular flexibility index (Phi) is 2.65. The van der Waals surface area contributed by atoms with Gasteiger partial charge in [-0.1, -0.05) is 22.9 Å². The molecule has 3 nitrogen and oxygen atoms in total. The fraction of sp³-hybridized carbons (Fsp3) is 0. The van der Waals surface area contributed by atoms with E-state index >= 15 is 0 Å². The van der Waals surface area contributed by atoms with Gasteiger partial charge in [-0.15, -0.1) is 0 Å². The summed E-state index contributed by atoms with van der Waals surface area (Å²) >= 11 is 7.15. The lowest BCUT2D eigenvalue weighted by atomic mass is 10.1. The van der Waals surface area contributed by atoms with Crippen molar-refractivity contribution in [3.05, 3.63) is 46.3 Å². The van der Waals surface area contributed by atoms with Gasteiger partial charge in [0.05, 0.1) is 0 Å². The van der Waals surface area contributed by atoms with Crippen LogP contribution in [0.5, 0.6) is 0 Å². The van der Waals surface area contributed by atoms with Crippen LogP contribution in [0.1, 0.15) is 10.5 Å². The highest BCUT2D eigenvalue weighted by atomic mass is 35.5. The van der Waals surface area contributed by atoms with Gasteiger partial charge in [-0.05, 0) is 24.3 Å². The lowest BCUT2D eigenvalue weighted by Gasteiger charge is -1.98. The van der Waals surface area contributed by atoms with Crippen molar-refractivity contribution in [2.24, 2.45) is 0 Å². The van der Waals surface area contributed by atoms with Crippen molar-refractivity contribution in [1.82, 2.24) is 9.38 Å². The van der Waals surface area contributed by atoms with Gasteiger partial charge >= 0.3 is 0 Å². The Morgan fingerprint density at radius 2 is 2.06 bits per heavy atom. The van der Waals surface area contributed by atoms with Crippen LogP contribution in [-0.4, -0.2) is 15.7 Å². The van der Waals surface area contributed by atoms with E-state index in [0.717, 1.165) is 6.29 Å². The molecule has 0 atom stereocenters. The van der Waals surface area contributed by atoms with Gasteiger partial charge in [-0.2, -0.15) is 0 Å². The molecule has 0 saturated carbocycles. The van der Waals surface area contributed by atoms with E-state index in [9.17, 15) is 9.18 Å². The third-order valence-corrected chi connectivity index (χ3v) is 3.66. The van der Waals surface area contributed by atoms with Crippen LogP contribution >= 0.6 is 22.9 Å². The Morgan fingerprint density at radius 1 is 1.33 bits per heavy atom. The number of carbonyl (C=O) groups is 1. The smallest absolute Gasteiger partial charge is 0.196 e. The molecule has 2 aromatic heterocycles. The number of fused-ring (bicyclic) bond motifs is 1. The average Bonchev–Trinajstić information content (AvgIpc) is 2.85. The fourth-order valence-corrected chi connectivity index (χ4v) is 2.79. The maximum absolute atomic E-state index is 12.9. The first-order chi connectivity index (χ1) is 8.69. The molecule has 0 bridgehead atoms. The molecular weight excluding hydrogens is 275 g/mol. The average molecular weight is 281 g/mol. The molecule has 0 aliphatic rings. The molecule has 3 rings (SSSR count). The van der Waals surface area contributed by atoms with E-state index in [2.05, 4.69) is 4.98 Å². The van der Waals surface area contributed by atoms with E-state index in [1.165, 1.54) is 23.5 Å². The summed E-state index contributed by atoms with van der Waals surface area (Å²) < 4.78 is 15.1. The van der Waals surface area contributed by atoms with Gasteiger partial charge < -0.3 is 0 Å². The molecule has 18 heavy (non-hydrogen) atoms. The van der Waals surface area contributed by atoms with Crippen LogP contribution in [0.2, 0.25) is 4.34 Å². The van der Waals surface area contributed by atoms with Gasteiger partial charge in [0, 0.05) is 11.8 Å². The number of thiazole rings is 1. The minimum Gasteiger partial charge on any atom is -0.296 e. The summed E-state index contributed by atoms with van der Waals surface area (Å²) in [6.07, 6.45) is 2.37. The third kappa shape index (κ3) is 1.72. The van der Waals surface area contributed by atoms with E-state index in [0.29, 0.717) is 26.2 Å². The van der Waals surface area contributed by atoms with Gasteiger partial charge in [0.1, 0.15) is 21.5 Å². The fourth-order valence-electron chi connectivity index (χ4n) is 1.77. The number of imidazole rings is 1. The molecule has 2 heterocycles. The van der Waals surface area contributed by atoms with Crippen LogP contribution in [0.4, 0.5) is 4.39 Å². The van der Waals surface area contributed by atoms with E-state index in [1.807, 2.05) is 0 Å². The number of halogens is 2. The molecule has 0 radical (unpaired) electrons. The Morgan fingerprint density at radius 3 is 2.72 bits per heavy atom. The molecule has 3 aromatic rings. The maximum Gasteiger partial charge on any atom is 0.196 e. The maximum atomic E-state index is 12.9. The molecule has 0 N–H and O–H groups in total. The predicted octanol–water partition coefficient (Wildman–Crippen LogP) is 3.67. The molecule has 0 spiro atoms. The summed E-state index contributed by atoms with van der Waals surface area (Å²) in [6, 6.07) is 5.86. The van der Waals surface area contributed by atoms with E-state index in [1.54, 1.807) is 22.7 Å². The van der Waals surface area contributed by atoms with Crippen LogP contribution < -0.4 is 0 Å². The number of carbonyl (C=O) groups excluding carboxylic acids is 1. The largest absolute Gasteiger partial charge is 0.296 e. The van der Waals surface area contributed by atoms with Gasteiger partial charge in [-0.3, -0.25) is 9.20 Å². The van der Waals surface area contributed by atoms with Crippen molar-refractivity contribution in [1.29, 1.82) is 0 Å². The second kappa shape index (κ2) is 4.19. The zero-order valence-corrected chi connectivity index (χ0v) is 10.5. The molecule has 90 valence electrons. The highest BCUT2D eigenvalue weighted by Crippen LogP contribution is 2.29. The summed E-state index contributed by atoms with van der Waals surface area (Å²) in [5.41, 5.74) is 1.65. The monoisotopic (exact) mass is 280 g/mol. The van der Waals surface area contributed by atoms with Crippen molar-refractivity contribution >= 4 is 34.2 Å². The molecule has 0 unspecified atom stereocenters. The zero-order valence-electron chi connectivity index (χ0n) is 8.93. The number of aldehydes is 1. The Labute approximate surface area is 110 Å². The standard InChI is InChI=1S/C12H6ClFN2OS/c13-10-5-16-9(6-17)11(15-12(16)18-10)7-1-3-8(14)4-2-7/h1-6H. The summed E-state index contributed by atoms with van der Waals surface area (Å²) in [4.78, 5) is 16.2.